The summed E-state index contributed by atoms with van der Waals surface area (Å²) in [5, 5.41) is 5.32. The van der Waals surface area contributed by atoms with Gasteiger partial charge in [-0.05, 0) is 18.6 Å². The molecule has 0 radical (unpaired) electrons. The van der Waals surface area contributed by atoms with Crippen LogP contribution >= 0.6 is 0 Å². The molecule has 6 heteroatoms. The average Bonchev–Trinajstić information content (AvgIpc) is 2.81. The number of aromatic amines is 2. The molecule has 1 amide bonds. The van der Waals surface area contributed by atoms with Gasteiger partial charge in [-0.15, -0.1) is 0 Å². The molecule has 0 saturated heterocycles. The Bertz CT molecular complexity index is 645. The van der Waals surface area contributed by atoms with Crippen molar-refractivity contribution in [2.75, 3.05) is 6.54 Å². The highest BCUT2D eigenvalue weighted by Crippen LogP contribution is 2.16. The van der Waals surface area contributed by atoms with Gasteiger partial charge in [0, 0.05) is 12.1 Å². The first kappa shape index (κ1) is 11.6. The smallest absolute Gasteiger partial charge is 0.410 e. The molecule has 2 N–H and O–H groups in total. The van der Waals surface area contributed by atoms with E-state index in [9.17, 15) is 9.59 Å². The van der Waals surface area contributed by atoms with E-state index in [2.05, 4.69) is 10.2 Å². The van der Waals surface area contributed by atoms with Gasteiger partial charge in [0.15, 0.2) is 0 Å². The third-order valence-corrected chi connectivity index (χ3v) is 3.15. The van der Waals surface area contributed by atoms with Gasteiger partial charge >= 0.3 is 6.09 Å². The maximum atomic E-state index is 12.0. The zero-order valence-corrected chi connectivity index (χ0v) is 10.2. The highest BCUT2D eigenvalue weighted by Gasteiger charge is 2.25. The summed E-state index contributed by atoms with van der Waals surface area (Å²) >= 11 is 0. The van der Waals surface area contributed by atoms with E-state index in [4.69, 9.17) is 4.74 Å². The second-order valence-electron chi connectivity index (χ2n) is 4.39. The van der Waals surface area contributed by atoms with E-state index in [1.807, 2.05) is 6.07 Å². The topological polar surface area (TPSA) is 78.2 Å². The van der Waals surface area contributed by atoms with Crippen LogP contribution in [0.15, 0.2) is 35.1 Å². The molecule has 0 unspecified atom stereocenters. The Labute approximate surface area is 109 Å². The lowest BCUT2D eigenvalue weighted by molar-refractivity contribution is 0.146. The van der Waals surface area contributed by atoms with Gasteiger partial charge in [0.1, 0.15) is 5.75 Å². The van der Waals surface area contributed by atoms with Crippen molar-refractivity contribution in [3.63, 3.8) is 0 Å². The van der Waals surface area contributed by atoms with Crippen LogP contribution in [0.3, 0.4) is 0 Å². The van der Waals surface area contributed by atoms with Crippen molar-refractivity contribution < 1.29 is 9.53 Å². The Balaban J connectivity index is 1.71. The number of carbonyl (C=O) groups excluding carboxylic acids is 1. The molecule has 1 aliphatic heterocycles. The quantitative estimate of drug-likeness (QED) is 0.809. The number of benzene rings is 1. The molecule has 6 nitrogen and oxygen atoms in total. The largest absolute Gasteiger partial charge is 0.415 e. The minimum Gasteiger partial charge on any atom is -0.410 e. The molecular formula is C13H13N3O3. The molecule has 0 saturated carbocycles. The van der Waals surface area contributed by atoms with Crippen molar-refractivity contribution >= 4 is 6.09 Å². The molecule has 0 spiro atoms. The first-order valence-corrected chi connectivity index (χ1v) is 6.04. The number of amides is 1. The third kappa shape index (κ3) is 2.24. The first-order valence-electron chi connectivity index (χ1n) is 6.04. The number of rotatable bonds is 1. The number of hydrogen-bond donors (Lipinski definition) is 2. The first-order chi connectivity index (χ1) is 9.24. The molecule has 1 aromatic carbocycles. The molecule has 1 aromatic heterocycles. The lowest BCUT2D eigenvalue weighted by Crippen LogP contribution is -2.38. The molecule has 3 rings (SSSR count). The van der Waals surface area contributed by atoms with E-state index in [1.165, 1.54) is 0 Å². The summed E-state index contributed by atoms with van der Waals surface area (Å²) in [4.78, 5) is 25.0. The minimum absolute atomic E-state index is 0.105. The zero-order chi connectivity index (χ0) is 13.2. The van der Waals surface area contributed by atoms with Gasteiger partial charge in [-0.25, -0.2) is 4.79 Å². The van der Waals surface area contributed by atoms with Gasteiger partial charge < -0.3 is 14.7 Å². The van der Waals surface area contributed by atoms with Crippen LogP contribution in [0.5, 0.6) is 5.75 Å². The maximum absolute atomic E-state index is 12.0. The second kappa shape index (κ2) is 4.64. The molecule has 0 aliphatic carbocycles. The van der Waals surface area contributed by atoms with Gasteiger partial charge in [-0.3, -0.25) is 9.89 Å². The van der Waals surface area contributed by atoms with Crippen molar-refractivity contribution in [1.29, 1.82) is 0 Å². The maximum Gasteiger partial charge on any atom is 0.415 e. The standard InChI is InChI=1S/C13H13N3O3/c17-12-10-6-7-16(8-11(10)14-15-12)13(18)19-9-4-2-1-3-5-9/h1-5H,6-8H2,(H2,14,15,17). The van der Waals surface area contributed by atoms with Crippen molar-refractivity contribution in [1.82, 2.24) is 15.1 Å². The van der Waals surface area contributed by atoms with Crippen molar-refractivity contribution in [2.24, 2.45) is 0 Å². The Kier molecular flexibility index (Phi) is 2.83. The van der Waals surface area contributed by atoms with Crippen molar-refractivity contribution in [3.05, 3.63) is 51.9 Å². The predicted molar refractivity (Wildman–Crippen MR) is 68.0 cm³/mol. The van der Waals surface area contributed by atoms with Gasteiger partial charge in [-0.1, -0.05) is 18.2 Å². The highest BCUT2D eigenvalue weighted by atomic mass is 16.6. The number of hydrogen-bond acceptors (Lipinski definition) is 3. The van der Waals surface area contributed by atoms with Crippen LogP contribution < -0.4 is 10.3 Å². The third-order valence-electron chi connectivity index (χ3n) is 3.15. The van der Waals surface area contributed by atoms with Crippen LogP contribution in [0.1, 0.15) is 11.3 Å². The number of carbonyl (C=O) groups is 1. The van der Waals surface area contributed by atoms with E-state index in [0.717, 1.165) is 11.3 Å². The Morgan fingerprint density at radius 1 is 1.21 bits per heavy atom. The minimum atomic E-state index is -0.404. The van der Waals surface area contributed by atoms with Gasteiger partial charge in [-0.2, -0.15) is 0 Å². The molecule has 0 atom stereocenters. The SMILES string of the molecule is O=C(Oc1ccccc1)N1CCc2c([nH][nH]c2=O)C1. The second-order valence-corrected chi connectivity index (χ2v) is 4.39. The average molecular weight is 259 g/mol. The fraction of sp³-hybridized carbons (Fsp3) is 0.231. The normalized spacial score (nSPS) is 14.0. The van der Waals surface area contributed by atoms with Gasteiger partial charge in [0.05, 0.1) is 12.2 Å². The molecule has 98 valence electrons. The molecule has 2 aromatic rings. The lowest BCUT2D eigenvalue weighted by Gasteiger charge is -2.25. The van der Waals surface area contributed by atoms with Crippen molar-refractivity contribution in [3.8, 4) is 5.75 Å². The number of nitrogens with zero attached hydrogens (tertiary/aromatic N) is 1. The van der Waals surface area contributed by atoms with Crippen LogP contribution in [0, 0.1) is 0 Å². The summed E-state index contributed by atoms with van der Waals surface area (Å²) in [5.74, 6) is 0.515. The van der Waals surface area contributed by atoms with Crippen LogP contribution in [-0.2, 0) is 13.0 Å². The van der Waals surface area contributed by atoms with Crippen LogP contribution in [0.25, 0.3) is 0 Å². The Morgan fingerprint density at radius 2 is 2.00 bits per heavy atom. The van der Waals surface area contributed by atoms with Gasteiger partial charge in [0.2, 0.25) is 0 Å². The van der Waals surface area contributed by atoms with Gasteiger partial charge in [0.25, 0.3) is 5.56 Å². The van der Waals surface area contributed by atoms with Crippen LogP contribution in [0.4, 0.5) is 4.79 Å². The fourth-order valence-corrected chi connectivity index (χ4v) is 2.15. The Hall–Kier alpha value is -2.50. The number of para-hydroxylation sites is 1. The number of H-pyrrole nitrogens is 2. The van der Waals surface area contributed by atoms with E-state index in [0.29, 0.717) is 25.3 Å². The van der Waals surface area contributed by atoms with E-state index < -0.39 is 6.09 Å². The number of aromatic nitrogens is 2. The summed E-state index contributed by atoms with van der Waals surface area (Å²) in [6.07, 6.45) is 0.136. The predicted octanol–water partition coefficient (Wildman–Crippen LogP) is 1.26. The summed E-state index contributed by atoms with van der Waals surface area (Å²) in [6.45, 7) is 0.847. The molecule has 19 heavy (non-hydrogen) atoms. The summed E-state index contributed by atoms with van der Waals surface area (Å²) in [6, 6.07) is 8.92. The van der Waals surface area contributed by atoms with Crippen molar-refractivity contribution in [2.45, 2.75) is 13.0 Å². The molecule has 0 bridgehead atoms. The fourth-order valence-electron chi connectivity index (χ4n) is 2.15. The molecule has 2 heterocycles. The lowest BCUT2D eigenvalue weighted by atomic mass is 10.1. The summed E-state index contributed by atoms with van der Waals surface area (Å²) in [7, 11) is 0. The summed E-state index contributed by atoms with van der Waals surface area (Å²) < 4.78 is 5.26. The van der Waals surface area contributed by atoms with E-state index >= 15 is 0 Å². The molecule has 0 fully saturated rings. The highest BCUT2D eigenvalue weighted by molar-refractivity contribution is 5.71. The van der Waals surface area contributed by atoms with Crippen LogP contribution in [0.2, 0.25) is 0 Å². The zero-order valence-electron chi connectivity index (χ0n) is 10.2. The molecular weight excluding hydrogens is 246 g/mol. The molecule has 1 aliphatic rings. The number of fused-ring (bicyclic) bond motifs is 1. The van der Waals surface area contributed by atoms with E-state index in [1.54, 1.807) is 29.2 Å². The Morgan fingerprint density at radius 3 is 2.79 bits per heavy atom. The monoisotopic (exact) mass is 259 g/mol. The number of ether oxygens (including phenoxy) is 1. The van der Waals surface area contributed by atoms with E-state index in [-0.39, 0.29) is 5.56 Å². The van der Waals surface area contributed by atoms with Crippen LogP contribution in [-0.4, -0.2) is 27.7 Å². The summed E-state index contributed by atoms with van der Waals surface area (Å²) in [5.41, 5.74) is 1.37. The number of nitrogens with one attached hydrogen (secondary N) is 2.